The van der Waals surface area contributed by atoms with Crippen molar-refractivity contribution < 1.29 is 14.3 Å². The second-order valence-corrected chi connectivity index (χ2v) is 8.94. The number of hydrogen-bond donors (Lipinski definition) is 4. The van der Waals surface area contributed by atoms with E-state index < -0.39 is 5.91 Å². The standard InChI is InChI=1S/C22H26N6O3S2/c1-14-12-33-21(23-3)18(14)20(30)27-15(2)19(29)24-11-16-6-4-7-17(10-16)31-8-5-9-32-22-25-13-26-28-22/h4,6-7,10,12-13,23H,2,5,8-9,11H2,1,3H3,(H,24,29)(H,27,30)(H,25,26,28). The van der Waals surface area contributed by atoms with Crippen LogP contribution in [0.1, 0.15) is 27.9 Å². The molecule has 0 spiro atoms. The molecule has 0 bridgehead atoms. The first-order valence-electron chi connectivity index (χ1n) is 10.2. The van der Waals surface area contributed by atoms with Crippen LogP contribution in [0.15, 0.2) is 53.4 Å². The summed E-state index contributed by atoms with van der Waals surface area (Å²) < 4.78 is 5.80. The van der Waals surface area contributed by atoms with Gasteiger partial charge in [0.2, 0.25) is 0 Å². The van der Waals surface area contributed by atoms with E-state index in [1.807, 2.05) is 36.6 Å². The van der Waals surface area contributed by atoms with Gasteiger partial charge < -0.3 is 20.7 Å². The van der Waals surface area contributed by atoms with E-state index in [1.54, 1.807) is 18.8 Å². The molecular formula is C22H26N6O3S2. The van der Waals surface area contributed by atoms with Gasteiger partial charge in [-0.1, -0.05) is 30.5 Å². The van der Waals surface area contributed by atoms with Gasteiger partial charge in [0, 0.05) is 19.3 Å². The number of amides is 2. The Hall–Kier alpha value is -3.31. The summed E-state index contributed by atoms with van der Waals surface area (Å²) in [6, 6.07) is 7.51. The monoisotopic (exact) mass is 486 g/mol. The number of nitrogens with zero attached hydrogens (tertiary/aromatic N) is 2. The molecule has 4 N–H and O–H groups in total. The van der Waals surface area contributed by atoms with Gasteiger partial charge in [-0.15, -0.1) is 11.3 Å². The lowest BCUT2D eigenvalue weighted by Gasteiger charge is -2.11. The van der Waals surface area contributed by atoms with Crippen LogP contribution in [0.2, 0.25) is 0 Å². The number of carbonyl (C=O) groups is 2. The molecule has 0 aliphatic rings. The van der Waals surface area contributed by atoms with E-state index in [4.69, 9.17) is 4.74 Å². The molecule has 0 radical (unpaired) electrons. The molecular weight excluding hydrogens is 460 g/mol. The molecule has 11 heteroatoms. The largest absolute Gasteiger partial charge is 0.494 e. The number of thiophene rings is 1. The molecule has 3 aromatic rings. The van der Waals surface area contributed by atoms with Gasteiger partial charge in [0.25, 0.3) is 11.8 Å². The molecule has 0 saturated carbocycles. The number of anilines is 1. The zero-order valence-corrected chi connectivity index (χ0v) is 20.1. The maximum atomic E-state index is 12.5. The molecule has 0 atom stereocenters. The number of aryl methyl sites for hydroxylation is 1. The first kappa shape index (κ1) is 24.3. The van der Waals surface area contributed by atoms with Crippen LogP contribution in [0.5, 0.6) is 5.75 Å². The van der Waals surface area contributed by atoms with Gasteiger partial charge >= 0.3 is 0 Å². The summed E-state index contributed by atoms with van der Waals surface area (Å²) in [5, 5.41) is 18.4. The molecule has 0 saturated heterocycles. The molecule has 0 unspecified atom stereocenters. The summed E-state index contributed by atoms with van der Waals surface area (Å²) in [6.07, 6.45) is 2.33. The summed E-state index contributed by atoms with van der Waals surface area (Å²) in [4.78, 5) is 29.0. The third kappa shape index (κ3) is 7.09. The average Bonchev–Trinajstić information content (AvgIpc) is 3.46. The Labute approximate surface area is 200 Å². The fourth-order valence-electron chi connectivity index (χ4n) is 2.88. The molecule has 0 fully saturated rings. The van der Waals surface area contributed by atoms with E-state index in [2.05, 4.69) is 37.7 Å². The van der Waals surface area contributed by atoms with Crippen molar-refractivity contribution in [1.29, 1.82) is 0 Å². The van der Waals surface area contributed by atoms with Gasteiger partial charge in [0.1, 0.15) is 17.1 Å². The number of thioether (sulfide) groups is 1. The fraction of sp³-hybridized carbons (Fsp3) is 0.273. The molecule has 2 heterocycles. The van der Waals surface area contributed by atoms with Crippen LogP contribution in [0, 0.1) is 6.92 Å². The molecule has 0 aliphatic heterocycles. The van der Waals surface area contributed by atoms with Crippen molar-refractivity contribution in [3.05, 3.63) is 64.9 Å². The van der Waals surface area contributed by atoms with Crippen LogP contribution in [0.25, 0.3) is 0 Å². The van der Waals surface area contributed by atoms with Crippen molar-refractivity contribution in [2.75, 3.05) is 24.7 Å². The minimum absolute atomic E-state index is 0.00989. The van der Waals surface area contributed by atoms with Gasteiger partial charge in [0.15, 0.2) is 5.16 Å². The van der Waals surface area contributed by atoms with Crippen molar-refractivity contribution in [3.63, 3.8) is 0 Å². The maximum Gasteiger partial charge on any atom is 0.267 e. The van der Waals surface area contributed by atoms with Gasteiger partial charge in [0.05, 0.1) is 17.9 Å². The Morgan fingerprint density at radius 2 is 2.18 bits per heavy atom. The topological polar surface area (TPSA) is 121 Å². The highest BCUT2D eigenvalue weighted by molar-refractivity contribution is 7.99. The van der Waals surface area contributed by atoms with Crippen molar-refractivity contribution in [1.82, 2.24) is 25.8 Å². The SMILES string of the molecule is C=C(NC(=O)c1c(C)csc1NC)C(=O)NCc1cccc(OCCCSc2ncn[nH]2)c1. The third-order valence-electron chi connectivity index (χ3n) is 4.51. The smallest absolute Gasteiger partial charge is 0.267 e. The molecule has 2 amide bonds. The zero-order chi connectivity index (χ0) is 23.6. The summed E-state index contributed by atoms with van der Waals surface area (Å²) in [5.41, 5.74) is 2.22. The van der Waals surface area contributed by atoms with Crippen molar-refractivity contribution in [3.8, 4) is 5.75 Å². The summed E-state index contributed by atoms with van der Waals surface area (Å²) in [5.74, 6) is 0.777. The van der Waals surface area contributed by atoms with E-state index in [0.717, 1.165) is 39.2 Å². The van der Waals surface area contributed by atoms with Gasteiger partial charge in [-0.3, -0.25) is 14.7 Å². The summed E-state index contributed by atoms with van der Waals surface area (Å²) >= 11 is 3.02. The van der Waals surface area contributed by atoms with Crippen LogP contribution in [-0.4, -0.2) is 46.4 Å². The first-order chi connectivity index (χ1) is 16.0. The number of rotatable bonds is 12. The van der Waals surface area contributed by atoms with Crippen LogP contribution in [-0.2, 0) is 11.3 Å². The number of ether oxygens (including phenoxy) is 1. The van der Waals surface area contributed by atoms with Gasteiger partial charge in [-0.2, -0.15) is 5.10 Å². The van der Waals surface area contributed by atoms with E-state index in [0.29, 0.717) is 12.2 Å². The second-order valence-electron chi connectivity index (χ2n) is 6.98. The predicted molar refractivity (Wildman–Crippen MR) is 131 cm³/mol. The lowest BCUT2D eigenvalue weighted by Crippen LogP contribution is -2.34. The van der Waals surface area contributed by atoms with E-state index in [-0.39, 0.29) is 18.1 Å². The second kappa shape index (κ2) is 12.1. The number of nitrogens with one attached hydrogen (secondary N) is 4. The summed E-state index contributed by atoms with van der Waals surface area (Å²) in [7, 11) is 1.75. The van der Waals surface area contributed by atoms with E-state index in [1.165, 1.54) is 17.7 Å². The molecule has 2 aromatic heterocycles. The molecule has 3 rings (SSSR count). The highest BCUT2D eigenvalue weighted by Crippen LogP contribution is 2.27. The minimum Gasteiger partial charge on any atom is -0.494 e. The quantitative estimate of drug-likeness (QED) is 0.176. The number of H-pyrrole nitrogens is 1. The predicted octanol–water partition coefficient (Wildman–Crippen LogP) is 3.34. The number of aromatic nitrogens is 3. The van der Waals surface area contributed by atoms with Crippen LogP contribution >= 0.6 is 23.1 Å². The molecule has 9 nitrogen and oxygen atoms in total. The van der Waals surface area contributed by atoms with Crippen molar-refractivity contribution in [2.45, 2.75) is 25.0 Å². The number of benzene rings is 1. The van der Waals surface area contributed by atoms with Gasteiger partial charge in [-0.05, 0) is 42.0 Å². The first-order valence-corrected chi connectivity index (χ1v) is 12.1. The molecule has 174 valence electrons. The number of hydrogen-bond acceptors (Lipinski definition) is 8. The van der Waals surface area contributed by atoms with Crippen molar-refractivity contribution in [2.24, 2.45) is 0 Å². The molecule has 33 heavy (non-hydrogen) atoms. The van der Waals surface area contributed by atoms with E-state index in [9.17, 15) is 9.59 Å². The average molecular weight is 487 g/mol. The highest BCUT2D eigenvalue weighted by Gasteiger charge is 2.18. The highest BCUT2D eigenvalue weighted by atomic mass is 32.2. The Kier molecular flexibility index (Phi) is 8.90. The Bertz CT molecular complexity index is 1100. The van der Waals surface area contributed by atoms with Crippen LogP contribution in [0.4, 0.5) is 5.00 Å². The van der Waals surface area contributed by atoms with E-state index >= 15 is 0 Å². The van der Waals surface area contributed by atoms with Gasteiger partial charge in [-0.25, -0.2) is 4.98 Å². The maximum absolute atomic E-state index is 12.5. The normalized spacial score (nSPS) is 10.5. The Balaban J connectivity index is 1.42. The fourth-order valence-corrected chi connectivity index (χ4v) is 4.48. The third-order valence-corrected chi connectivity index (χ3v) is 6.59. The number of aromatic amines is 1. The summed E-state index contributed by atoms with van der Waals surface area (Å²) in [6.45, 7) is 6.39. The van der Waals surface area contributed by atoms with Crippen molar-refractivity contribution >= 4 is 39.9 Å². The minimum atomic E-state index is -0.446. The molecule has 1 aromatic carbocycles. The lowest BCUT2D eigenvalue weighted by atomic mass is 10.2. The van der Waals surface area contributed by atoms with Crippen LogP contribution in [0.3, 0.4) is 0 Å². The van der Waals surface area contributed by atoms with Crippen LogP contribution < -0.4 is 20.7 Å². The number of carbonyl (C=O) groups excluding carboxylic acids is 2. The Morgan fingerprint density at radius 3 is 2.94 bits per heavy atom. The zero-order valence-electron chi connectivity index (χ0n) is 18.4. The Morgan fingerprint density at radius 1 is 1.33 bits per heavy atom. The molecule has 0 aliphatic carbocycles. The lowest BCUT2D eigenvalue weighted by molar-refractivity contribution is -0.117.